The molecule has 0 bridgehead atoms. The van der Waals surface area contributed by atoms with E-state index >= 15 is 0 Å². The standard InChI is InChI=1S/C14H16N2O2S/c1-19(17,18)16-10-7-13(8-11-16)14-5-3-2-4-12(14)6-9-15/h2-5,7H,6,8,10-11H2,1H3. The highest BCUT2D eigenvalue weighted by Crippen LogP contribution is 2.26. The molecule has 5 heteroatoms. The van der Waals surface area contributed by atoms with Gasteiger partial charge in [0, 0.05) is 13.1 Å². The smallest absolute Gasteiger partial charge is 0.211 e. The Balaban J connectivity index is 2.26. The lowest BCUT2D eigenvalue weighted by molar-refractivity contribution is 0.446. The molecule has 0 saturated heterocycles. The molecule has 1 aliphatic heterocycles. The molecule has 0 amide bonds. The molecule has 1 aliphatic rings. The molecule has 0 fully saturated rings. The van der Waals surface area contributed by atoms with E-state index in [1.165, 1.54) is 10.6 Å². The zero-order valence-electron chi connectivity index (χ0n) is 10.8. The van der Waals surface area contributed by atoms with Gasteiger partial charge in [-0.3, -0.25) is 0 Å². The molecule has 0 unspecified atom stereocenters. The van der Waals surface area contributed by atoms with E-state index in [4.69, 9.17) is 5.26 Å². The number of rotatable bonds is 3. The first kappa shape index (κ1) is 13.8. The number of nitrogens with zero attached hydrogens (tertiary/aromatic N) is 2. The molecule has 0 aliphatic carbocycles. The Morgan fingerprint density at radius 3 is 2.68 bits per heavy atom. The first-order valence-electron chi connectivity index (χ1n) is 6.12. The Morgan fingerprint density at radius 1 is 1.37 bits per heavy atom. The number of nitriles is 1. The highest BCUT2D eigenvalue weighted by atomic mass is 32.2. The summed E-state index contributed by atoms with van der Waals surface area (Å²) in [6.45, 7) is 0.917. The minimum atomic E-state index is -3.12. The molecule has 100 valence electrons. The van der Waals surface area contributed by atoms with Gasteiger partial charge in [0.15, 0.2) is 0 Å². The molecular formula is C14H16N2O2S. The van der Waals surface area contributed by atoms with Crippen molar-refractivity contribution in [1.29, 1.82) is 5.26 Å². The molecule has 0 atom stereocenters. The summed E-state index contributed by atoms with van der Waals surface area (Å²) in [5.41, 5.74) is 3.20. The maximum Gasteiger partial charge on any atom is 0.211 e. The van der Waals surface area contributed by atoms with Crippen LogP contribution in [0.5, 0.6) is 0 Å². The lowest BCUT2D eigenvalue weighted by Crippen LogP contribution is -2.33. The topological polar surface area (TPSA) is 61.2 Å². The molecule has 1 aromatic carbocycles. The molecular weight excluding hydrogens is 260 g/mol. The largest absolute Gasteiger partial charge is 0.212 e. The van der Waals surface area contributed by atoms with Crippen molar-refractivity contribution in [3.8, 4) is 6.07 Å². The van der Waals surface area contributed by atoms with Crippen molar-refractivity contribution in [1.82, 2.24) is 4.31 Å². The third-order valence-corrected chi connectivity index (χ3v) is 4.54. The van der Waals surface area contributed by atoms with Crippen molar-refractivity contribution in [3.63, 3.8) is 0 Å². The Hall–Kier alpha value is -1.64. The number of benzene rings is 1. The van der Waals surface area contributed by atoms with E-state index in [1.807, 2.05) is 30.3 Å². The summed E-state index contributed by atoms with van der Waals surface area (Å²) in [7, 11) is -3.12. The summed E-state index contributed by atoms with van der Waals surface area (Å²) in [6.07, 6.45) is 4.25. The second-order valence-corrected chi connectivity index (χ2v) is 6.57. The van der Waals surface area contributed by atoms with Crippen molar-refractivity contribution >= 4 is 15.6 Å². The van der Waals surface area contributed by atoms with Gasteiger partial charge in [0.1, 0.15) is 0 Å². The summed E-state index contributed by atoms with van der Waals surface area (Å²) in [5, 5.41) is 8.83. The van der Waals surface area contributed by atoms with Gasteiger partial charge in [0.25, 0.3) is 0 Å². The third kappa shape index (κ3) is 3.22. The molecule has 4 nitrogen and oxygen atoms in total. The van der Waals surface area contributed by atoms with Crippen molar-refractivity contribution in [2.75, 3.05) is 19.3 Å². The fourth-order valence-corrected chi connectivity index (χ4v) is 3.04. The second-order valence-electron chi connectivity index (χ2n) is 4.59. The highest BCUT2D eigenvalue weighted by molar-refractivity contribution is 7.88. The summed E-state index contributed by atoms with van der Waals surface area (Å²) < 4.78 is 24.4. The lowest BCUT2D eigenvalue weighted by Gasteiger charge is -2.25. The third-order valence-electron chi connectivity index (χ3n) is 3.27. The van der Waals surface area contributed by atoms with Gasteiger partial charge in [-0.2, -0.15) is 9.57 Å². The van der Waals surface area contributed by atoms with Gasteiger partial charge in [-0.1, -0.05) is 30.3 Å². The monoisotopic (exact) mass is 276 g/mol. The molecule has 0 aromatic heterocycles. The first-order chi connectivity index (χ1) is 9.02. The second kappa shape index (κ2) is 5.55. The predicted molar refractivity (Wildman–Crippen MR) is 74.8 cm³/mol. The van der Waals surface area contributed by atoms with Crippen LogP contribution in [0, 0.1) is 11.3 Å². The van der Waals surface area contributed by atoms with Crippen LogP contribution in [0.4, 0.5) is 0 Å². The maximum atomic E-state index is 11.5. The van der Waals surface area contributed by atoms with E-state index in [0.717, 1.165) is 16.7 Å². The van der Waals surface area contributed by atoms with Crippen LogP contribution in [-0.2, 0) is 16.4 Å². The normalized spacial score (nSPS) is 16.7. The van der Waals surface area contributed by atoms with Gasteiger partial charge in [-0.15, -0.1) is 0 Å². The van der Waals surface area contributed by atoms with Crippen LogP contribution in [0.25, 0.3) is 5.57 Å². The summed E-state index contributed by atoms with van der Waals surface area (Å²) in [4.78, 5) is 0. The van der Waals surface area contributed by atoms with Crippen LogP contribution in [-0.4, -0.2) is 32.1 Å². The average molecular weight is 276 g/mol. The van der Waals surface area contributed by atoms with Crippen LogP contribution in [0.2, 0.25) is 0 Å². The van der Waals surface area contributed by atoms with Gasteiger partial charge in [-0.25, -0.2) is 8.42 Å². The van der Waals surface area contributed by atoms with E-state index in [9.17, 15) is 8.42 Å². The summed E-state index contributed by atoms with van der Waals surface area (Å²) >= 11 is 0. The Morgan fingerprint density at radius 2 is 2.11 bits per heavy atom. The zero-order chi connectivity index (χ0) is 13.9. The van der Waals surface area contributed by atoms with Crippen LogP contribution in [0.15, 0.2) is 30.3 Å². The molecule has 2 rings (SSSR count). The molecule has 0 radical (unpaired) electrons. The van der Waals surface area contributed by atoms with E-state index in [-0.39, 0.29) is 0 Å². The predicted octanol–water partition coefficient (Wildman–Crippen LogP) is 1.80. The molecule has 0 spiro atoms. The van der Waals surface area contributed by atoms with Gasteiger partial charge >= 0.3 is 0 Å². The van der Waals surface area contributed by atoms with E-state index < -0.39 is 10.0 Å². The van der Waals surface area contributed by atoms with E-state index in [2.05, 4.69) is 6.07 Å². The average Bonchev–Trinajstić information content (AvgIpc) is 2.39. The molecule has 1 heterocycles. The van der Waals surface area contributed by atoms with Gasteiger partial charge in [0.05, 0.1) is 18.7 Å². The van der Waals surface area contributed by atoms with Crippen molar-refractivity contribution in [2.24, 2.45) is 0 Å². The van der Waals surface area contributed by atoms with Gasteiger partial charge in [0.2, 0.25) is 10.0 Å². The van der Waals surface area contributed by atoms with Crippen molar-refractivity contribution in [2.45, 2.75) is 12.8 Å². The van der Waals surface area contributed by atoms with Crippen LogP contribution < -0.4 is 0 Å². The Kier molecular flexibility index (Phi) is 4.03. The Labute approximate surface area is 114 Å². The van der Waals surface area contributed by atoms with Crippen LogP contribution in [0.3, 0.4) is 0 Å². The Bertz CT molecular complexity index is 642. The van der Waals surface area contributed by atoms with Crippen LogP contribution in [0.1, 0.15) is 17.5 Å². The number of hydrogen-bond acceptors (Lipinski definition) is 3. The highest BCUT2D eigenvalue weighted by Gasteiger charge is 2.20. The fourth-order valence-electron chi connectivity index (χ4n) is 2.27. The quantitative estimate of drug-likeness (QED) is 0.845. The molecule has 0 N–H and O–H groups in total. The maximum absolute atomic E-state index is 11.5. The van der Waals surface area contributed by atoms with Crippen molar-refractivity contribution < 1.29 is 8.42 Å². The van der Waals surface area contributed by atoms with Crippen LogP contribution >= 0.6 is 0 Å². The SMILES string of the molecule is CS(=O)(=O)N1CC=C(c2ccccc2CC#N)CC1. The zero-order valence-corrected chi connectivity index (χ0v) is 11.7. The molecule has 0 saturated carbocycles. The molecule has 1 aromatic rings. The summed E-state index contributed by atoms with van der Waals surface area (Å²) in [6, 6.07) is 9.97. The van der Waals surface area contributed by atoms with Gasteiger partial charge in [-0.05, 0) is 23.1 Å². The van der Waals surface area contributed by atoms with E-state index in [1.54, 1.807) is 0 Å². The summed E-state index contributed by atoms with van der Waals surface area (Å²) in [5.74, 6) is 0. The van der Waals surface area contributed by atoms with E-state index in [0.29, 0.717) is 25.9 Å². The molecule has 19 heavy (non-hydrogen) atoms. The minimum Gasteiger partial charge on any atom is -0.212 e. The first-order valence-corrected chi connectivity index (χ1v) is 7.96. The minimum absolute atomic E-state index is 0.378. The number of sulfonamides is 1. The van der Waals surface area contributed by atoms with Crippen molar-refractivity contribution in [3.05, 3.63) is 41.5 Å². The fraction of sp³-hybridized carbons (Fsp3) is 0.357. The van der Waals surface area contributed by atoms with Gasteiger partial charge < -0.3 is 0 Å². The number of hydrogen-bond donors (Lipinski definition) is 0. The lowest BCUT2D eigenvalue weighted by atomic mass is 9.94.